The lowest BCUT2D eigenvalue weighted by molar-refractivity contribution is 0.679. The van der Waals surface area contributed by atoms with Crippen molar-refractivity contribution in [1.29, 1.82) is 0 Å². The molecule has 0 aliphatic heterocycles. The monoisotopic (exact) mass is 237 g/mol. The number of nitrogen functional groups attached to an aromatic ring is 1. The number of pyridine rings is 1. The molecule has 2 rings (SSSR count). The minimum absolute atomic E-state index is 0.273. The first-order valence-electron chi connectivity index (χ1n) is 4.61. The molecule has 0 aliphatic rings. The second-order valence-corrected chi connectivity index (χ2v) is 4.64. The van der Waals surface area contributed by atoms with Gasteiger partial charge in [-0.05, 0) is 12.1 Å². The molecule has 1 unspecified atom stereocenters. The summed E-state index contributed by atoms with van der Waals surface area (Å²) in [5.74, 6) is 0.273. The lowest BCUT2D eigenvalue weighted by atomic mass is 10.4. The summed E-state index contributed by atoms with van der Waals surface area (Å²) < 4.78 is 13.5. The molecular weight excluding hydrogens is 226 g/mol. The zero-order chi connectivity index (χ0) is 11.5. The highest BCUT2D eigenvalue weighted by atomic mass is 32.2. The third-order valence-electron chi connectivity index (χ3n) is 1.95. The summed E-state index contributed by atoms with van der Waals surface area (Å²) >= 11 is 0. The van der Waals surface area contributed by atoms with Crippen molar-refractivity contribution in [2.45, 2.75) is 10.8 Å². The van der Waals surface area contributed by atoms with Crippen molar-refractivity contribution in [3.8, 4) is 0 Å². The molecule has 0 fully saturated rings. The lowest BCUT2D eigenvalue weighted by Crippen LogP contribution is -2.03. The highest BCUT2D eigenvalue weighted by Gasteiger charge is 2.11. The van der Waals surface area contributed by atoms with Gasteiger partial charge in [-0.25, -0.2) is 4.98 Å². The van der Waals surface area contributed by atoms with Crippen LogP contribution in [0, 0.1) is 0 Å². The number of nitrogens with two attached hydrogens (primary N) is 1. The van der Waals surface area contributed by atoms with Crippen molar-refractivity contribution in [2.24, 2.45) is 7.05 Å². The highest BCUT2D eigenvalue weighted by molar-refractivity contribution is 7.84. The minimum Gasteiger partial charge on any atom is -0.396 e. The first-order valence-corrected chi connectivity index (χ1v) is 5.93. The smallest absolute Gasteiger partial charge is 0.150 e. The summed E-state index contributed by atoms with van der Waals surface area (Å²) in [6, 6.07) is 3.38. The van der Waals surface area contributed by atoms with Crippen LogP contribution in [0.2, 0.25) is 0 Å². The molecule has 0 aliphatic carbocycles. The second kappa shape index (κ2) is 4.40. The van der Waals surface area contributed by atoms with E-state index in [0.717, 1.165) is 0 Å². The Morgan fingerprint density at radius 1 is 1.56 bits per heavy atom. The van der Waals surface area contributed by atoms with Crippen LogP contribution in [0.3, 0.4) is 0 Å². The van der Waals surface area contributed by atoms with Crippen LogP contribution in [0.4, 0.5) is 5.69 Å². The first kappa shape index (κ1) is 10.7. The molecule has 6 nitrogen and oxygen atoms in total. The molecule has 2 heterocycles. The Labute approximate surface area is 94.9 Å². The van der Waals surface area contributed by atoms with Gasteiger partial charge in [0.25, 0.3) is 0 Å². The Kier molecular flexibility index (Phi) is 2.95. The Balaban J connectivity index is 2.18. The summed E-state index contributed by atoms with van der Waals surface area (Å²) in [5, 5.41) is 8.03. The average molecular weight is 237 g/mol. The number of hydrogen-bond donors (Lipinski definition) is 1. The SMILES string of the molecule is Cn1cc(CS(=O)c2ncccc2N)nn1. The van der Waals surface area contributed by atoms with Gasteiger partial charge in [0.1, 0.15) is 5.03 Å². The van der Waals surface area contributed by atoms with Crippen molar-refractivity contribution in [1.82, 2.24) is 20.0 Å². The van der Waals surface area contributed by atoms with E-state index in [2.05, 4.69) is 15.3 Å². The van der Waals surface area contributed by atoms with Crippen molar-refractivity contribution in [3.63, 3.8) is 0 Å². The van der Waals surface area contributed by atoms with Crippen LogP contribution in [0.5, 0.6) is 0 Å². The maximum atomic E-state index is 11.9. The van der Waals surface area contributed by atoms with Gasteiger partial charge in [-0.15, -0.1) is 5.10 Å². The van der Waals surface area contributed by atoms with Crippen molar-refractivity contribution in [3.05, 3.63) is 30.2 Å². The van der Waals surface area contributed by atoms with Crippen LogP contribution < -0.4 is 5.73 Å². The Morgan fingerprint density at radius 3 is 3.00 bits per heavy atom. The Bertz CT molecular complexity index is 524. The molecule has 0 radical (unpaired) electrons. The first-order chi connectivity index (χ1) is 7.66. The fraction of sp³-hybridized carbons (Fsp3) is 0.222. The molecule has 0 amide bonds. The maximum Gasteiger partial charge on any atom is 0.150 e. The maximum absolute atomic E-state index is 11.9. The number of aromatic nitrogens is 4. The summed E-state index contributed by atoms with van der Waals surface area (Å²) in [5.41, 5.74) is 6.78. The molecule has 2 aromatic rings. The molecule has 0 saturated carbocycles. The molecule has 2 aromatic heterocycles. The number of nitrogens with zero attached hydrogens (tertiary/aromatic N) is 4. The molecule has 0 aromatic carbocycles. The van der Waals surface area contributed by atoms with Gasteiger partial charge < -0.3 is 5.73 Å². The third kappa shape index (κ3) is 2.25. The van der Waals surface area contributed by atoms with Crippen LogP contribution in [0.25, 0.3) is 0 Å². The van der Waals surface area contributed by atoms with Crippen LogP contribution in [-0.2, 0) is 23.6 Å². The van der Waals surface area contributed by atoms with E-state index in [-0.39, 0.29) is 5.75 Å². The van der Waals surface area contributed by atoms with Gasteiger partial charge >= 0.3 is 0 Å². The number of hydrogen-bond acceptors (Lipinski definition) is 5. The number of rotatable bonds is 3. The summed E-state index contributed by atoms with van der Waals surface area (Å²) in [6.45, 7) is 0. The van der Waals surface area contributed by atoms with Crippen LogP contribution >= 0.6 is 0 Å². The molecule has 2 N–H and O–H groups in total. The van der Waals surface area contributed by atoms with Gasteiger partial charge in [0.05, 0.1) is 27.9 Å². The molecule has 0 spiro atoms. The van der Waals surface area contributed by atoms with Crippen LogP contribution in [0.1, 0.15) is 5.69 Å². The van der Waals surface area contributed by atoms with Gasteiger partial charge in [-0.2, -0.15) is 0 Å². The lowest BCUT2D eigenvalue weighted by Gasteiger charge is -2.01. The van der Waals surface area contributed by atoms with Crippen molar-refractivity contribution >= 4 is 16.5 Å². The van der Waals surface area contributed by atoms with E-state index in [1.165, 1.54) is 0 Å². The Morgan fingerprint density at radius 2 is 2.38 bits per heavy atom. The molecule has 0 bridgehead atoms. The Hall–Kier alpha value is -1.76. The average Bonchev–Trinajstić information content (AvgIpc) is 2.64. The van der Waals surface area contributed by atoms with Gasteiger partial charge in [0.15, 0.2) is 0 Å². The molecule has 1 atom stereocenters. The normalized spacial score (nSPS) is 12.6. The summed E-state index contributed by atoms with van der Waals surface area (Å²) in [6.07, 6.45) is 3.29. The molecule has 16 heavy (non-hydrogen) atoms. The zero-order valence-electron chi connectivity index (χ0n) is 8.70. The van der Waals surface area contributed by atoms with Gasteiger partial charge in [-0.1, -0.05) is 5.21 Å². The van der Waals surface area contributed by atoms with E-state index < -0.39 is 10.8 Å². The molecular formula is C9H11N5OS. The molecule has 0 saturated heterocycles. The summed E-state index contributed by atoms with van der Waals surface area (Å²) in [7, 11) is 0.474. The van der Waals surface area contributed by atoms with Gasteiger partial charge in [0, 0.05) is 19.4 Å². The molecule has 7 heteroatoms. The molecule has 84 valence electrons. The largest absolute Gasteiger partial charge is 0.396 e. The van der Waals surface area contributed by atoms with Crippen molar-refractivity contribution < 1.29 is 4.21 Å². The topological polar surface area (TPSA) is 86.7 Å². The number of anilines is 1. The highest BCUT2D eigenvalue weighted by Crippen LogP contribution is 2.14. The van der Waals surface area contributed by atoms with E-state index >= 15 is 0 Å². The van der Waals surface area contributed by atoms with E-state index in [1.54, 1.807) is 36.3 Å². The fourth-order valence-corrected chi connectivity index (χ4v) is 2.30. The van der Waals surface area contributed by atoms with Crippen LogP contribution in [-0.4, -0.2) is 24.2 Å². The van der Waals surface area contributed by atoms with Crippen LogP contribution in [0.15, 0.2) is 29.6 Å². The van der Waals surface area contributed by atoms with E-state index in [0.29, 0.717) is 16.4 Å². The van der Waals surface area contributed by atoms with E-state index in [4.69, 9.17) is 5.73 Å². The van der Waals surface area contributed by atoms with Gasteiger partial charge in [0.2, 0.25) is 0 Å². The quantitative estimate of drug-likeness (QED) is 0.818. The third-order valence-corrected chi connectivity index (χ3v) is 3.28. The predicted molar refractivity (Wildman–Crippen MR) is 59.8 cm³/mol. The zero-order valence-corrected chi connectivity index (χ0v) is 9.52. The fourth-order valence-electron chi connectivity index (χ4n) is 1.26. The van der Waals surface area contributed by atoms with Crippen molar-refractivity contribution in [2.75, 3.05) is 5.73 Å². The van der Waals surface area contributed by atoms with E-state index in [9.17, 15) is 4.21 Å². The standard InChI is InChI=1S/C9H11N5OS/c1-14-5-7(12-13-14)6-16(15)9-8(10)3-2-4-11-9/h2-5H,6,10H2,1H3. The second-order valence-electron chi connectivity index (χ2n) is 3.27. The van der Waals surface area contributed by atoms with E-state index in [1.807, 2.05) is 0 Å². The predicted octanol–water partition coefficient (Wildman–Crippen LogP) is 0.100. The summed E-state index contributed by atoms with van der Waals surface area (Å²) in [4.78, 5) is 4.00. The minimum atomic E-state index is -1.28. The number of aryl methyl sites for hydroxylation is 1. The van der Waals surface area contributed by atoms with Gasteiger partial charge in [-0.3, -0.25) is 8.89 Å².